The van der Waals surface area contributed by atoms with E-state index in [0.29, 0.717) is 5.69 Å². The van der Waals surface area contributed by atoms with Gasteiger partial charge in [-0.15, -0.1) is 0 Å². The number of hydrogen-bond donors (Lipinski definition) is 5. The Kier molecular flexibility index (Phi) is 15.8. The standard InChI is InChI=1S/C42H42N6O11S/c1-6-23-57-35-30(40(50)46-32-19-18-31(42(52)59-25-8-3)36(37(32)55-4)58-24-7-2)17-20-33(38(35)56-5)48-60(53,54)29-15-13-28(14-16-29)45-41(51)34(21-22-43)47-39(49)26-9-11-27(44)12-10-26/h6-20,34,48H,1-3,21,23-25,44H2,4-5H3,(H,45,51)(H,46,50)(H,47,49). The molecule has 1 atom stereocenters. The summed E-state index contributed by atoms with van der Waals surface area (Å²) in [5.74, 6) is -3.09. The van der Waals surface area contributed by atoms with E-state index in [1.807, 2.05) is 6.07 Å². The number of carbonyl (C=O) groups excluding carboxylic acids is 4. The quantitative estimate of drug-likeness (QED) is 0.0398. The van der Waals surface area contributed by atoms with Gasteiger partial charge in [0.2, 0.25) is 5.91 Å². The van der Waals surface area contributed by atoms with E-state index in [9.17, 15) is 32.9 Å². The molecule has 0 aliphatic heterocycles. The number of esters is 1. The maximum atomic E-state index is 13.9. The molecular weight excluding hydrogens is 797 g/mol. The molecule has 0 saturated carbocycles. The summed E-state index contributed by atoms with van der Waals surface area (Å²) < 4.78 is 57.5. The van der Waals surface area contributed by atoms with Crippen molar-refractivity contribution in [1.82, 2.24) is 5.32 Å². The molecular formula is C42H42N6O11S. The largest absolute Gasteiger partial charge is 0.491 e. The maximum Gasteiger partial charge on any atom is 0.342 e. The van der Waals surface area contributed by atoms with Crippen molar-refractivity contribution in [2.24, 2.45) is 0 Å². The SMILES string of the molecule is C=CCOC(=O)c1ccc(NC(=O)c2ccc(NS(=O)(=O)c3ccc(NC(=O)C(CC#N)NC(=O)c4ccc(N)cc4)cc3)c(OC)c2OCC=C)c(OC)c1OCC=C. The summed E-state index contributed by atoms with van der Waals surface area (Å²) in [6, 6.07) is 17.1. The predicted molar refractivity (Wildman–Crippen MR) is 224 cm³/mol. The lowest BCUT2D eigenvalue weighted by Crippen LogP contribution is -2.43. The molecule has 18 heteroatoms. The van der Waals surface area contributed by atoms with Crippen LogP contribution in [0.25, 0.3) is 0 Å². The maximum absolute atomic E-state index is 13.9. The fourth-order valence-electron chi connectivity index (χ4n) is 5.35. The van der Waals surface area contributed by atoms with E-state index in [-0.39, 0.29) is 87.9 Å². The lowest BCUT2D eigenvalue weighted by molar-refractivity contribution is -0.117. The van der Waals surface area contributed by atoms with Crippen molar-refractivity contribution in [2.45, 2.75) is 17.4 Å². The van der Waals surface area contributed by atoms with Gasteiger partial charge < -0.3 is 45.4 Å². The van der Waals surface area contributed by atoms with Crippen molar-refractivity contribution >= 4 is 56.5 Å². The van der Waals surface area contributed by atoms with Crippen LogP contribution in [0.3, 0.4) is 0 Å². The van der Waals surface area contributed by atoms with Crippen LogP contribution in [-0.2, 0) is 19.6 Å². The van der Waals surface area contributed by atoms with E-state index in [4.69, 9.17) is 29.4 Å². The third kappa shape index (κ3) is 11.2. The average Bonchev–Trinajstić information content (AvgIpc) is 3.23. The molecule has 6 N–H and O–H groups in total. The highest BCUT2D eigenvalue weighted by Crippen LogP contribution is 2.42. The minimum atomic E-state index is -4.33. The number of anilines is 4. The summed E-state index contributed by atoms with van der Waals surface area (Å²) in [6.45, 7) is 10.6. The number of carbonyl (C=O) groups is 4. The molecule has 0 aliphatic carbocycles. The number of nitrogens with one attached hydrogen (secondary N) is 4. The number of nitriles is 1. The molecule has 4 aromatic rings. The predicted octanol–water partition coefficient (Wildman–Crippen LogP) is 5.46. The Morgan fingerprint density at radius 3 is 1.88 bits per heavy atom. The summed E-state index contributed by atoms with van der Waals surface area (Å²) in [6.07, 6.45) is 3.92. The number of nitrogens with zero attached hydrogens (tertiary/aromatic N) is 1. The van der Waals surface area contributed by atoms with Crippen LogP contribution in [0.1, 0.15) is 37.5 Å². The van der Waals surface area contributed by atoms with E-state index < -0.39 is 39.8 Å². The van der Waals surface area contributed by atoms with Crippen LogP contribution in [0.4, 0.5) is 22.7 Å². The highest BCUT2D eigenvalue weighted by molar-refractivity contribution is 7.92. The summed E-state index contributed by atoms with van der Waals surface area (Å²) in [5.41, 5.74) is 6.45. The van der Waals surface area contributed by atoms with E-state index in [1.54, 1.807) is 0 Å². The number of nitrogens with two attached hydrogens (primary N) is 1. The highest BCUT2D eigenvalue weighted by Gasteiger charge is 2.28. The zero-order chi connectivity index (χ0) is 43.8. The normalized spacial score (nSPS) is 11.0. The van der Waals surface area contributed by atoms with E-state index in [2.05, 4.69) is 40.4 Å². The number of nitrogen functional groups attached to an aromatic ring is 1. The lowest BCUT2D eigenvalue weighted by Gasteiger charge is -2.20. The van der Waals surface area contributed by atoms with Gasteiger partial charge in [-0.1, -0.05) is 38.0 Å². The minimum Gasteiger partial charge on any atom is -0.491 e. The molecule has 17 nitrogen and oxygen atoms in total. The molecule has 0 fully saturated rings. The van der Waals surface area contributed by atoms with E-state index >= 15 is 0 Å². The first-order chi connectivity index (χ1) is 28.8. The molecule has 3 amide bonds. The Labute approximate surface area is 346 Å². The molecule has 312 valence electrons. The summed E-state index contributed by atoms with van der Waals surface area (Å²) in [7, 11) is -1.77. The van der Waals surface area contributed by atoms with Crippen molar-refractivity contribution in [3.63, 3.8) is 0 Å². The molecule has 60 heavy (non-hydrogen) atoms. The summed E-state index contributed by atoms with van der Waals surface area (Å²) in [4.78, 5) is 52.1. The third-order valence-corrected chi connectivity index (χ3v) is 9.52. The fourth-order valence-corrected chi connectivity index (χ4v) is 6.41. The van der Waals surface area contributed by atoms with Gasteiger partial charge in [-0.05, 0) is 72.8 Å². The Bertz CT molecular complexity index is 2410. The number of rotatable bonds is 21. The minimum absolute atomic E-state index is 0.00291. The molecule has 0 aliphatic rings. The first-order valence-corrected chi connectivity index (χ1v) is 19.3. The molecule has 0 saturated heterocycles. The molecule has 0 radical (unpaired) electrons. The van der Waals surface area contributed by atoms with Crippen LogP contribution in [0.5, 0.6) is 23.0 Å². The highest BCUT2D eigenvalue weighted by atomic mass is 32.2. The van der Waals surface area contributed by atoms with Gasteiger partial charge >= 0.3 is 5.97 Å². The van der Waals surface area contributed by atoms with Crippen LogP contribution in [0.15, 0.2) is 116 Å². The molecule has 0 heterocycles. The number of amides is 3. The lowest BCUT2D eigenvalue weighted by atomic mass is 10.1. The number of ether oxygens (including phenoxy) is 5. The van der Waals surface area contributed by atoms with Crippen LogP contribution in [0.2, 0.25) is 0 Å². The van der Waals surface area contributed by atoms with Gasteiger partial charge in [0.05, 0.1) is 48.5 Å². The van der Waals surface area contributed by atoms with Gasteiger partial charge in [-0.25, -0.2) is 13.2 Å². The van der Waals surface area contributed by atoms with Gasteiger partial charge in [-0.2, -0.15) is 5.26 Å². The first-order valence-electron chi connectivity index (χ1n) is 17.8. The van der Waals surface area contributed by atoms with Crippen LogP contribution in [-0.4, -0.2) is 72.2 Å². The number of benzene rings is 4. The second-order valence-electron chi connectivity index (χ2n) is 12.2. The second kappa shape index (κ2) is 21.1. The fraction of sp³-hybridized carbons (Fsp3) is 0.167. The van der Waals surface area contributed by atoms with Gasteiger partial charge in [0, 0.05) is 16.9 Å². The number of sulfonamides is 1. The molecule has 1 unspecified atom stereocenters. The second-order valence-corrected chi connectivity index (χ2v) is 13.9. The van der Waals surface area contributed by atoms with Gasteiger partial charge in [-0.3, -0.25) is 19.1 Å². The van der Waals surface area contributed by atoms with E-state index in [0.717, 1.165) is 0 Å². The molecule has 0 bridgehead atoms. The Balaban J connectivity index is 1.58. The topological polar surface area (TPSA) is 246 Å². The van der Waals surface area contributed by atoms with Crippen molar-refractivity contribution < 1.29 is 51.3 Å². The zero-order valence-corrected chi connectivity index (χ0v) is 33.4. The Hall–Kier alpha value is -7.78. The zero-order valence-electron chi connectivity index (χ0n) is 32.6. The van der Waals surface area contributed by atoms with Crippen LogP contribution in [0, 0.1) is 11.3 Å². The van der Waals surface area contributed by atoms with Gasteiger partial charge in [0.1, 0.15) is 31.4 Å². The monoisotopic (exact) mass is 838 g/mol. The molecule has 0 aromatic heterocycles. The third-order valence-electron chi connectivity index (χ3n) is 8.14. The Morgan fingerprint density at radius 2 is 1.30 bits per heavy atom. The number of methoxy groups -OCH3 is 2. The Morgan fingerprint density at radius 1 is 0.733 bits per heavy atom. The summed E-state index contributed by atoms with van der Waals surface area (Å²) >= 11 is 0. The molecule has 4 aromatic carbocycles. The van der Waals surface area contributed by atoms with Crippen LogP contribution < -0.4 is 45.4 Å². The van der Waals surface area contributed by atoms with Gasteiger partial charge in [0.25, 0.3) is 21.8 Å². The van der Waals surface area contributed by atoms with Crippen molar-refractivity contribution in [2.75, 3.05) is 55.1 Å². The average molecular weight is 839 g/mol. The first kappa shape index (κ1) is 44.9. The van der Waals surface area contributed by atoms with Crippen LogP contribution >= 0.6 is 0 Å². The molecule has 4 rings (SSSR count). The van der Waals surface area contributed by atoms with Crippen molar-refractivity contribution in [3.05, 3.63) is 127 Å². The molecule has 0 spiro atoms. The van der Waals surface area contributed by atoms with E-state index in [1.165, 1.54) is 105 Å². The summed E-state index contributed by atoms with van der Waals surface area (Å²) in [5, 5.41) is 17.1. The van der Waals surface area contributed by atoms with Gasteiger partial charge in [0.15, 0.2) is 23.0 Å². The van der Waals surface area contributed by atoms with Crippen molar-refractivity contribution in [1.29, 1.82) is 5.26 Å². The number of hydrogen-bond acceptors (Lipinski definition) is 13. The smallest absolute Gasteiger partial charge is 0.342 e. The van der Waals surface area contributed by atoms with Crippen molar-refractivity contribution in [3.8, 4) is 29.1 Å².